The smallest absolute Gasteiger partial charge is 0.242 e. The molecule has 5 nitrogen and oxygen atoms in total. The van der Waals surface area contributed by atoms with Gasteiger partial charge in [0.1, 0.15) is 0 Å². The van der Waals surface area contributed by atoms with Gasteiger partial charge in [-0.2, -0.15) is 5.10 Å². The number of carbonyl (C=O) groups is 1. The van der Waals surface area contributed by atoms with Crippen LogP contribution in [-0.2, 0) is 11.3 Å². The Kier molecular flexibility index (Phi) is 3.94. The number of nitrogens with one attached hydrogen (secondary N) is 1. The van der Waals surface area contributed by atoms with E-state index in [2.05, 4.69) is 24.3 Å². The first-order chi connectivity index (χ1) is 8.94. The third-order valence-electron chi connectivity index (χ3n) is 3.83. The Morgan fingerprint density at radius 3 is 2.95 bits per heavy atom. The molecular weight excluding hydrogens is 240 g/mol. The number of amides is 1. The summed E-state index contributed by atoms with van der Waals surface area (Å²) in [5.74, 6) is 0.150. The fourth-order valence-electron chi connectivity index (χ4n) is 2.32. The summed E-state index contributed by atoms with van der Waals surface area (Å²) in [5.41, 5.74) is 0.503. The highest BCUT2D eigenvalue weighted by molar-refractivity contribution is 5.86. The van der Waals surface area contributed by atoms with E-state index in [4.69, 9.17) is 0 Å². The van der Waals surface area contributed by atoms with E-state index in [9.17, 15) is 4.79 Å². The van der Waals surface area contributed by atoms with Gasteiger partial charge in [-0.05, 0) is 33.3 Å². The van der Waals surface area contributed by atoms with Gasteiger partial charge in [-0.25, -0.2) is 0 Å². The molecule has 1 aromatic rings. The Balaban J connectivity index is 2.05. The standard InChI is InChI=1S/C14H24N4O/c1-5-11(2)18-8-6-12(16-18)10-17-9-7-15-14(3,4)13(17)19/h6,8,11,15H,5,7,9-10H2,1-4H3. The van der Waals surface area contributed by atoms with Crippen molar-refractivity contribution in [2.75, 3.05) is 13.1 Å². The molecule has 1 fully saturated rings. The number of nitrogens with zero attached hydrogens (tertiary/aromatic N) is 3. The summed E-state index contributed by atoms with van der Waals surface area (Å²) in [6.07, 6.45) is 3.06. The van der Waals surface area contributed by atoms with Crippen molar-refractivity contribution < 1.29 is 4.79 Å². The quantitative estimate of drug-likeness (QED) is 0.898. The zero-order chi connectivity index (χ0) is 14.0. The number of hydrogen-bond donors (Lipinski definition) is 1. The number of rotatable bonds is 4. The van der Waals surface area contributed by atoms with Gasteiger partial charge < -0.3 is 10.2 Å². The first kappa shape index (κ1) is 14.1. The molecule has 1 aliphatic heterocycles. The Labute approximate surface area is 115 Å². The van der Waals surface area contributed by atoms with Crippen LogP contribution in [0.25, 0.3) is 0 Å². The third-order valence-corrected chi connectivity index (χ3v) is 3.83. The summed E-state index contributed by atoms with van der Waals surface area (Å²) in [6.45, 7) is 10.3. The van der Waals surface area contributed by atoms with Gasteiger partial charge in [0.05, 0.1) is 17.8 Å². The lowest BCUT2D eigenvalue weighted by atomic mass is 10.0. The van der Waals surface area contributed by atoms with Gasteiger partial charge in [0, 0.05) is 25.3 Å². The van der Waals surface area contributed by atoms with Crippen LogP contribution in [0.15, 0.2) is 12.3 Å². The first-order valence-corrected chi connectivity index (χ1v) is 7.02. The van der Waals surface area contributed by atoms with Crippen LogP contribution in [0.4, 0.5) is 0 Å². The monoisotopic (exact) mass is 264 g/mol. The third kappa shape index (κ3) is 2.97. The van der Waals surface area contributed by atoms with Crippen molar-refractivity contribution in [2.45, 2.75) is 52.2 Å². The van der Waals surface area contributed by atoms with Gasteiger partial charge in [-0.1, -0.05) is 6.92 Å². The minimum Gasteiger partial charge on any atom is -0.334 e. The van der Waals surface area contributed by atoms with E-state index in [0.29, 0.717) is 12.6 Å². The molecule has 0 aliphatic carbocycles. The Hall–Kier alpha value is -1.36. The molecule has 1 unspecified atom stereocenters. The second kappa shape index (κ2) is 5.33. The molecule has 2 heterocycles. The maximum absolute atomic E-state index is 12.3. The van der Waals surface area contributed by atoms with Gasteiger partial charge in [-0.3, -0.25) is 9.48 Å². The van der Waals surface area contributed by atoms with Crippen LogP contribution in [0, 0.1) is 0 Å². The highest BCUT2D eigenvalue weighted by Gasteiger charge is 2.35. The number of aromatic nitrogens is 2. The summed E-state index contributed by atoms with van der Waals surface area (Å²) in [5, 5.41) is 7.80. The Bertz CT molecular complexity index is 452. The van der Waals surface area contributed by atoms with Crippen molar-refractivity contribution in [3.8, 4) is 0 Å². The summed E-state index contributed by atoms with van der Waals surface area (Å²) in [6, 6.07) is 2.41. The van der Waals surface area contributed by atoms with E-state index in [0.717, 1.165) is 25.2 Å². The molecule has 1 N–H and O–H groups in total. The Morgan fingerprint density at radius 1 is 1.53 bits per heavy atom. The van der Waals surface area contributed by atoms with Crippen molar-refractivity contribution in [2.24, 2.45) is 0 Å². The molecule has 106 valence electrons. The van der Waals surface area contributed by atoms with Crippen molar-refractivity contribution in [1.82, 2.24) is 20.0 Å². The number of carbonyl (C=O) groups excluding carboxylic acids is 1. The lowest BCUT2D eigenvalue weighted by Gasteiger charge is -2.37. The molecule has 1 saturated heterocycles. The van der Waals surface area contributed by atoms with Gasteiger partial charge in [-0.15, -0.1) is 0 Å². The number of piperazine rings is 1. The van der Waals surface area contributed by atoms with Gasteiger partial charge in [0.15, 0.2) is 0 Å². The molecule has 0 spiro atoms. The maximum Gasteiger partial charge on any atom is 0.242 e. The topological polar surface area (TPSA) is 50.2 Å². The van der Waals surface area contributed by atoms with Crippen LogP contribution in [0.1, 0.15) is 45.9 Å². The van der Waals surface area contributed by atoms with Crippen LogP contribution in [-0.4, -0.2) is 39.2 Å². The van der Waals surface area contributed by atoms with E-state index in [1.165, 1.54) is 0 Å². The molecule has 0 aromatic carbocycles. The lowest BCUT2D eigenvalue weighted by Crippen LogP contribution is -2.60. The largest absolute Gasteiger partial charge is 0.334 e. The van der Waals surface area contributed by atoms with Crippen molar-refractivity contribution >= 4 is 5.91 Å². The predicted octanol–water partition coefficient (Wildman–Crippen LogP) is 1.56. The van der Waals surface area contributed by atoms with Crippen LogP contribution >= 0.6 is 0 Å². The SMILES string of the molecule is CCC(C)n1ccc(CN2CCNC(C)(C)C2=O)n1. The lowest BCUT2D eigenvalue weighted by molar-refractivity contribution is -0.140. The van der Waals surface area contributed by atoms with E-state index in [1.54, 1.807) is 0 Å². The van der Waals surface area contributed by atoms with Crippen molar-refractivity contribution in [3.05, 3.63) is 18.0 Å². The molecule has 0 bridgehead atoms. The highest BCUT2D eigenvalue weighted by Crippen LogP contribution is 2.16. The fourth-order valence-corrected chi connectivity index (χ4v) is 2.32. The molecule has 1 aliphatic rings. The molecule has 2 rings (SSSR count). The van der Waals surface area contributed by atoms with Crippen LogP contribution in [0.5, 0.6) is 0 Å². The molecule has 5 heteroatoms. The van der Waals surface area contributed by atoms with E-state index < -0.39 is 5.54 Å². The molecule has 1 atom stereocenters. The maximum atomic E-state index is 12.3. The zero-order valence-corrected chi connectivity index (χ0v) is 12.3. The van der Waals surface area contributed by atoms with E-state index >= 15 is 0 Å². The second-order valence-corrected chi connectivity index (χ2v) is 5.82. The summed E-state index contributed by atoms with van der Waals surface area (Å²) in [4.78, 5) is 14.2. The highest BCUT2D eigenvalue weighted by atomic mass is 16.2. The molecule has 1 aromatic heterocycles. The average molecular weight is 264 g/mol. The van der Waals surface area contributed by atoms with Crippen molar-refractivity contribution in [1.29, 1.82) is 0 Å². The summed E-state index contributed by atoms with van der Waals surface area (Å²) in [7, 11) is 0. The van der Waals surface area contributed by atoms with E-state index in [1.807, 2.05) is 35.7 Å². The zero-order valence-electron chi connectivity index (χ0n) is 12.3. The predicted molar refractivity (Wildman–Crippen MR) is 74.7 cm³/mol. The van der Waals surface area contributed by atoms with Crippen LogP contribution in [0.3, 0.4) is 0 Å². The molecule has 19 heavy (non-hydrogen) atoms. The van der Waals surface area contributed by atoms with Gasteiger partial charge in [0.25, 0.3) is 0 Å². The second-order valence-electron chi connectivity index (χ2n) is 5.82. The Morgan fingerprint density at radius 2 is 2.26 bits per heavy atom. The average Bonchev–Trinajstić information content (AvgIpc) is 2.82. The van der Waals surface area contributed by atoms with Crippen molar-refractivity contribution in [3.63, 3.8) is 0 Å². The molecular formula is C14H24N4O. The fraction of sp³-hybridized carbons (Fsp3) is 0.714. The summed E-state index contributed by atoms with van der Waals surface area (Å²) < 4.78 is 1.98. The van der Waals surface area contributed by atoms with Gasteiger partial charge >= 0.3 is 0 Å². The molecule has 0 saturated carbocycles. The molecule has 0 radical (unpaired) electrons. The van der Waals surface area contributed by atoms with Crippen LogP contribution < -0.4 is 5.32 Å². The minimum atomic E-state index is -0.461. The van der Waals surface area contributed by atoms with E-state index in [-0.39, 0.29) is 5.91 Å². The minimum absolute atomic E-state index is 0.150. The van der Waals surface area contributed by atoms with Crippen LogP contribution in [0.2, 0.25) is 0 Å². The summed E-state index contributed by atoms with van der Waals surface area (Å²) >= 11 is 0. The first-order valence-electron chi connectivity index (χ1n) is 7.02. The number of hydrogen-bond acceptors (Lipinski definition) is 3. The normalized spacial score (nSPS) is 20.6. The molecule has 1 amide bonds. The van der Waals surface area contributed by atoms with Gasteiger partial charge in [0.2, 0.25) is 5.91 Å².